The lowest BCUT2D eigenvalue weighted by atomic mass is 10.1. The minimum Gasteiger partial charge on any atom is -0.334 e. The minimum absolute atomic E-state index is 0.253. The second-order valence-electron chi connectivity index (χ2n) is 3.74. The van der Waals surface area contributed by atoms with Gasteiger partial charge in [-0.1, -0.05) is 12.1 Å². The molecule has 2 N–H and O–H groups in total. The van der Waals surface area contributed by atoms with E-state index in [-0.39, 0.29) is 5.82 Å². The molecule has 0 atom stereocenters. The third kappa shape index (κ3) is 1.72. The SMILES string of the molecule is Cc1c(-c2cccc(F)c2)nc(CN)n1C. The van der Waals surface area contributed by atoms with Gasteiger partial charge in [-0.2, -0.15) is 0 Å². The van der Waals surface area contributed by atoms with E-state index in [1.807, 2.05) is 24.6 Å². The number of halogens is 1. The Balaban J connectivity index is 2.56. The van der Waals surface area contributed by atoms with Crippen LogP contribution in [-0.4, -0.2) is 9.55 Å². The van der Waals surface area contributed by atoms with Crippen LogP contribution in [0.1, 0.15) is 11.5 Å². The van der Waals surface area contributed by atoms with Crippen LogP contribution in [0.4, 0.5) is 4.39 Å². The number of imidazole rings is 1. The molecule has 1 aromatic carbocycles. The van der Waals surface area contributed by atoms with E-state index in [4.69, 9.17) is 5.73 Å². The van der Waals surface area contributed by atoms with Gasteiger partial charge in [0.15, 0.2) is 0 Å². The predicted octanol–water partition coefficient (Wildman–Crippen LogP) is 1.99. The number of rotatable bonds is 2. The first-order chi connectivity index (χ1) is 7.63. The van der Waals surface area contributed by atoms with Crippen LogP contribution in [0.15, 0.2) is 24.3 Å². The van der Waals surface area contributed by atoms with Crippen molar-refractivity contribution in [2.75, 3.05) is 0 Å². The van der Waals surface area contributed by atoms with Gasteiger partial charge in [0.2, 0.25) is 0 Å². The maximum Gasteiger partial charge on any atom is 0.123 e. The van der Waals surface area contributed by atoms with Gasteiger partial charge in [0, 0.05) is 18.3 Å². The Hall–Kier alpha value is -1.68. The molecular weight excluding hydrogens is 205 g/mol. The first kappa shape index (κ1) is 10.8. The highest BCUT2D eigenvalue weighted by atomic mass is 19.1. The second kappa shape index (κ2) is 4.06. The maximum absolute atomic E-state index is 13.1. The van der Waals surface area contributed by atoms with Crippen molar-refractivity contribution in [1.82, 2.24) is 9.55 Å². The zero-order valence-corrected chi connectivity index (χ0v) is 9.37. The van der Waals surface area contributed by atoms with Crippen LogP contribution < -0.4 is 5.73 Å². The highest BCUT2D eigenvalue weighted by Gasteiger charge is 2.11. The van der Waals surface area contributed by atoms with Gasteiger partial charge in [-0.15, -0.1) is 0 Å². The minimum atomic E-state index is -0.253. The van der Waals surface area contributed by atoms with Gasteiger partial charge in [0.1, 0.15) is 11.6 Å². The summed E-state index contributed by atoms with van der Waals surface area (Å²) in [5.41, 5.74) is 8.15. The molecule has 4 heteroatoms. The van der Waals surface area contributed by atoms with Crippen molar-refractivity contribution in [2.24, 2.45) is 12.8 Å². The molecule has 2 aromatic rings. The van der Waals surface area contributed by atoms with Crippen LogP contribution in [0.25, 0.3) is 11.3 Å². The maximum atomic E-state index is 13.1. The monoisotopic (exact) mass is 219 g/mol. The van der Waals surface area contributed by atoms with Crippen LogP contribution in [-0.2, 0) is 13.6 Å². The highest BCUT2D eigenvalue weighted by Crippen LogP contribution is 2.23. The first-order valence-corrected chi connectivity index (χ1v) is 5.11. The predicted molar refractivity (Wildman–Crippen MR) is 61.2 cm³/mol. The van der Waals surface area contributed by atoms with E-state index in [0.29, 0.717) is 6.54 Å². The Bertz CT molecular complexity index is 517. The smallest absolute Gasteiger partial charge is 0.123 e. The van der Waals surface area contributed by atoms with Crippen molar-refractivity contribution >= 4 is 0 Å². The number of nitrogens with zero attached hydrogens (tertiary/aromatic N) is 2. The lowest BCUT2D eigenvalue weighted by molar-refractivity contribution is 0.628. The summed E-state index contributed by atoms with van der Waals surface area (Å²) in [7, 11) is 1.91. The van der Waals surface area contributed by atoms with Gasteiger partial charge in [0.25, 0.3) is 0 Å². The van der Waals surface area contributed by atoms with Crippen LogP contribution in [0.2, 0.25) is 0 Å². The average molecular weight is 219 g/mol. The third-order valence-corrected chi connectivity index (χ3v) is 2.75. The summed E-state index contributed by atoms with van der Waals surface area (Å²) < 4.78 is 15.0. The van der Waals surface area contributed by atoms with Crippen molar-refractivity contribution in [2.45, 2.75) is 13.5 Å². The molecule has 0 fully saturated rings. The van der Waals surface area contributed by atoms with E-state index < -0.39 is 0 Å². The lowest BCUT2D eigenvalue weighted by Crippen LogP contribution is -2.05. The van der Waals surface area contributed by atoms with Crippen molar-refractivity contribution in [3.63, 3.8) is 0 Å². The molecule has 0 bridgehead atoms. The molecule has 0 saturated heterocycles. The van der Waals surface area contributed by atoms with E-state index in [2.05, 4.69) is 4.98 Å². The number of nitrogens with two attached hydrogens (primary N) is 1. The summed E-state index contributed by atoms with van der Waals surface area (Å²) in [6.07, 6.45) is 0. The van der Waals surface area contributed by atoms with Gasteiger partial charge in [-0.3, -0.25) is 0 Å². The Morgan fingerprint density at radius 2 is 2.19 bits per heavy atom. The summed E-state index contributed by atoms with van der Waals surface area (Å²) in [6, 6.07) is 6.43. The molecule has 0 aliphatic heterocycles. The highest BCUT2D eigenvalue weighted by molar-refractivity contribution is 5.62. The molecule has 3 nitrogen and oxygen atoms in total. The quantitative estimate of drug-likeness (QED) is 0.839. The molecule has 0 aliphatic rings. The molecule has 0 saturated carbocycles. The Labute approximate surface area is 93.7 Å². The van der Waals surface area contributed by atoms with Gasteiger partial charge >= 0.3 is 0 Å². The van der Waals surface area contributed by atoms with E-state index >= 15 is 0 Å². The summed E-state index contributed by atoms with van der Waals surface area (Å²) in [6.45, 7) is 2.33. The van der Waals surface area contributed by atoms with Crippen molar-refractivity contribution in [1.29, 1.82) is 0 Å². The summed E-state index contributed by atoms with van der Waals surface area (Å²) in [5, 5.41) is 0. The Kier molecular flexibility index (Phi) is 2.75. The zero-order chi connectivity index (χ0) is 11.7. The zero-order valence-electron chi connectivity index (χ0n) is 9.37. The van der Waals surface area contributed by atoms with Gasteiger partial charge < -0.3 is 10.3 Å². The van der Waals surface area contributed by atoms with Crippen molar-refractivity contribution in [3.05, 3.63) is 41.6 Å². The van der Waals surface area contributed by atoms with Gasteiger partial charge in [-0.25, -0.2) is 9.37 Å². The summed E-state index contributed by atoms with van der Waals surface area (Å²) >= 11 is 0. The van der Waals surface area contributed by atoms with Crippen molar-refractivity contribution < 1.29 is 4.39 Å². The molecule has 0 amide bonds. The molecule has 2 rings (SSSR count). The molecule has 0 spiro atoms. The largest absolute Gasteiger partial charge is 0.334 e. The molecular formula is C12H14FN3. The molecule has 84 valence electrons. The fraction of sp³-hybridized carbons (Fsp3) is 0.250. The Morgan fingerprint density at radius 1 is 1.44 bits per heavy atom. The lowest BCUT2D eigenvalue weighted by Gasteiger charge is -2.00. The number of hydrogen-bond acceptors (Lipinski definition) is 2. The third-order valence-electron chi connectivity index (χ3n) is 2.75. The van der Waals surface area contributed by atoms with E-state index in [9.17, 15) is 4.39 Å². The van der Waals surface area contributed by atoms with E-state index in [0.717, 1.165) is 22.8 Å². The van der Waals surface area contributed by atoms with Crippen LogP contribution in [0, 0.1) is 12.7 Å². The van der Waals surface area contributed by atoms with Gasteiger partial charge in [-0.05, 0) is 19.1 Å². The molecule has 0 unspecified atom stereocenters. The van der Waals surface area contributed by atoms with Gasteiger partial charge in [0.05, 0.1) is 12.2 Å². The van der Waals surface area contributed by atoms with Crippen molar-refractivity contribution in [3.8, 4) is 11.3 Å². The van der Waals surface area contributed by atoms with Crippen LogP contribution in [0.5, 0.6) is 0 Å². The standard InChI is InChI=1S/C12H14FN3/c1-8-12(15-11(7-14)16(8)2)9-4-3-5-10(13)6-9/h3-6H,7,14H2,1-2H3. The normalized spacial score (nSPS) is 10.8. The first-order valence-electron chi connectivity index (χ1n) is 5.11. The molecule has 0 radical (unpaired) electrons. The molecule has 16 heavy (non-hydrogen) atoms. The number of benzene rings is 1. The summed E-state index contributed by atoms with van der Waals surface area (Å²) in [4.78, 5) is 4.41. The fourth-order valence-corrected chi connectivity index (χ4v) is 1.73. The Morgan fingerprint density at radius 3 is 2.75 bits per heavy atom. The number of aromatic nitrogens is 2. The summed E-state index contributed by atoms with van der Waals surface area (Å²) in [5.74, 6) is 0.550. The van der Waals surface area contributed by atoms with Crippen LogP contribution in [0.3, 0.4) is 0 Å². The molecule has 0 aliphatic carbocycles. The number of hydrogen-bond donors (Lipinski definition) is 1. The van der Waals surface area contributed by atoms with E-state index in [1.165, 1.54) is 12.1 Å². The fourth-order valence-electron chi connectivity index (χ4n) is 1.73. The molecule has 1 heterocycles. The van der Waals surface area contributed by atoms with Crippen LogP contribution >= 0.6 is 0 Å². The topological polar surface area (TPSA) is 43.8 Å². The molecule has 1 aromatic heterocycles. The van der Waals surface area contributed by atoms with E-state index in [1.54, 1.807) is 6.07 Å². The second-order valence-corrected chi connectivity index (χ2v) is 3.74. The average Bonchev–Trinajstić information content (AvgIpc) is 2.56.